The van der Waals surface area contributed by atoms with Crippen molar-refractivity contribution in [2.75, 3.05) is 14.2 Å². The van der Waals surface area contributed by atoms with Crippen LogP contribution in [0.2, 0.25) is 0 Å². The summed E-state index contributed by atoms with van der Waals surface area (Å²) < 4.78 is 5.33. The van der Waals surface area contributed by atoms with E-state index in [4.69, 9.17) is 4.74 Å². The molecule has 1 aromatic carbocycles. The molecule has 0 spiro atoms. The second-order valence-corrected chi connectivity index (χ2v) is 6.32. The maximum Gasteiger partial charge on any atom is 0.272 e. The molecule has 3 rings (SSSR count). The second-order valence-electron chi connectivity index (χ2n) is 5.26. The van der Waals surface area contributed by atoms with Crippen molar-refractivity contribution in [3.8, 4) is 5.88 Å². The van der Waals surface area contributed by atoms with Gasteiger partial charge in [0.15, 0.2) is 0 Å². The summed E-state index contributed by atoms with van der Waals surface area (Å²) in [6, 6.07) is 9.52. The van der Waals surface area contributed by atoms with Crippen molar-refractivity contribution in [3.05, 3.63) is 52.1 Å². The molecule has 3 aromatic rings. The lowest BCUT2D eigenvalue weighted by atomic mass is 10.1. The topological polar surface area (TPSA) is 55.3 Å². The number of carbonyl (C=O) groups is 1. The molecule has 5 nitrogen and oxygen atoms in total. The Kier molecular flexibility index (Phi) is 4.25. The van der Waals surface area contributed by atoms with E-state index in [-0.39, 0.29) is 5.91 Å². The van der Waals surface area contributed by atoms with E-state index in [9.17, 15) is 4.79 Å². The minimum atomic E-state index is -0.153. The predicted octanol–water partition coefficient (Wildman–Crippen LogP) is 3.28. The van der Waals surface area contributed by atoms with Crippen molar-refractivity contribution in [2.24, 2.45) is 0 Å². The van der Waals surface area contributed by atoms with Crippen molar-refractivity contribution in [3.63, 3.8) is 0 Å². The van der Waals surface area contributed by atoms with Crippen LogP contribution in [0.1, 0.15) is 21.2 Å². The number of fused-ring (bicyclic) bond motifs is 1. The SMILES string of the molecule is COc1nc(C(=O)N(C)Cc2csc(C)n2)cc2ccccc12. The largest absolute Gasteiger partial charge is 0.481 e. The Morgan fingerprint density at radius 3 is 2.78 bits per heavy atom. The van der Waals surface area contributed by atoms with E-state index < -0.39 is 0 Å². The third kappa shape index (κ3) is 3.17. The highest BCUT2D eigenvalue weighted by Gasteiger charge is 2.17. The van der Waals surface area contributed by atoms with Gasteiger partial charge in [-0.25, -0.2) is 9.97 Å². The molecular weight excluding hydrogens is 310 g/mol. The molecular formula is C17H17N3O2S. The van der Waals surface area contributed by atoms with Gasteiger partial charge in [-0.1, -0.05) is 18.2 Å². The fourth-order valence-corrected chi connectivity index (χ4v) is 3.03. The van der Waals surface area contributed by atoms with Gasteiger partial charge in [0.1, 0.15) is 5.69 Å². The summed E-state index contributed by atoms with van der Waals surface area (Å²) in [5.41, 5.74) is 1.26. The normalized spacial score (nSPS) is 10.7. The van der Waals surface area contributed by atoms with E-state index in [0.29, 0.717) is 18.1 Å². The van der Waals surface area contributed by atoms with Crippen LogP contribution in [0.5, 0.6) is 5.88 Å². The maximum atomic E-state index is 12.7. The lowest BCUT2D eigenvalue weighted by molar-refractivity contribution is 0.0777. The van der Waals surface area contributed by atoms with Crippen LogP contribution in [0.25, 0.3) is 10.8 Å². The molecule has 1 amide bonds. The average molecular weight is 327 g/mol. The lowest BCUT2D eigenvalue weighted by Crippen LogP contribution is -2.27. The van der Waals surface area contributed by atoms with Gasteiger partial charge in [-0.05, 0) is 24.4 Å². The molecule has 0 N–H and O–H groups in total. The number of methoxy groups -OCH3 is 1. The number of rotatable bonds is 4. The first-order valence-corrected chi connectivity index (χ1v) is 8.06. The van der Waals surface area contributed by atoms with Gasteiger partial charge in [-0.3, -0.25) is 4.79 Å². The van der Waals surface area contributed by atoms with Crippen LogP contribution >= 0.6 is 11.3 Å². The van der Waals surface area contributed by atoms with Crippen LogP contribution in [-0.4, -0.2) is 34.9 Å². The minimum absolute atomic E-state index is 0.153. The maximum absolute atomic E-state index is 12.7. The summed E-state index contributed by atoms with van der Waals surface area (Å²) in [6.07, 6.45) is 0. The lowest BCUT2D eigenvalue weighted by Gasteiger charge is -2.16. The number of amides is 1. The minimum Gasteiger partial charge on any atom is -0.481 e. The first-order chi connectivity index (χ1) is 11.1. The zero-order valence-corrected chi connectivity index (χ0v) is 14.1. The van der Waals surface area contributed by atoms with Crippen molar-refractivity contribution >= 4 is 28.0 Å². The molecule has 23 heavy (non-hydrogen) atoms. The summed E-state index contributed by atoms with van der Waals surface area (Å²) in [4.78, 5) is 23.0. The summed E-state index contributed by atoms with van der Waals surface area (Å²) in [5.74, 6) is 0.309. The Morgan fingerprint density at radius 2 is 2.09 bits per heavy atom. The van der Waals surface area contributed by atoms with Gasteiger partial charge in [0.25, 0.3) is 5.91 Å². The number of hydrogen-bond donors (Lipinski definition) is 0. The number of ether oxygens (including phenoxy) is 1. The smallest absolute Gasteiger partial charge is 0.272 e. The molecule has 0 saturated heterocycles. The quantitative estimate of drug-likeness (QED) is 0.738. The number of nitrogens with zero attached hydrogens (tertiary/aromatic N) is 3. The molecule has 0 aliphatic rings. The zero-order valence-electron chi connectivity index (χ0n) is 13.2. The third-order valence-corrected chi connectivity index (χ3v) is 4.35. The number of aryl methyl sites for hydroxylation is 1. The number of carbonyl (C=O) groups excluding carboxylic acids is 1. The Balaban J connectivity index is 1.90. The predicted molar refractivity (Wildman–Crippen MR) is 90.9 cm³/mol. The van der Waals surface area contributed by atoms with Gasteiger partial charge >= 0.3 is 0 Å². The molecule has 0 saturated carbocycles. The molecule has 0 aliphatic heterocycles. The van der Waals surface area contributed by atoms with E-state index in [1.165, 1.54) is 0 Å². The first-order valence-electron chi connectivity index (χ1n) is 7.18. The molecule has 0 bridgehead atoms. The molecule has 0 unspecified atom stereocenters. The van der Waals surface area contributed by atoms with Crippen LogP contribution < -0.4 is 4.74 Å². The molecule has 2 heterocycles. The summed E-state index contributed by atoms with van der Waals surface area (Å²) in [7, 11) is 3.31. The van der Waals surface area contributed by atoms with Crippen molar-refractivity contribution in [1.82, 2.24) is 14.9 Å². The summed E-state index contributed by atoms with van der Waals surface area (Å²) >= 11 is 1.58. The average Bonchev–Trinajstić information content (AvgIpc) is 2.97. The third-order valence-electron chi connectivity index (χ3n) is 3.53. The Hall–Kier alpha value is -2.47. The van der Waals surface area contributed by atoms with Crippen LogP contribution in [-0.2, 0) is 6.54 Å². The highest BCUT2D eigenvalue weighted by atomic mass is 32.1. The van der Waals surface area contributed by atoms with E-state index in [2.05, 4.69) is 9.97 Å². The van der Waals surface area contributed by atoms with Crippen LogP contribution in [0.15, 0.2) is 35.7 Å². The number of benzene rings is 1. The molecule has 0 radical (unpaired) electrons. The summed E-state index contributed by atoms with van der Waals surface area (Å²) in [6.45, 7) is 2.41. The molecule has 118 valence electrons. The van der Waals surface area contributed by atoms with Crippen LogP contribution in [0, 0.1) is 6.92 Å². The molecule has 0 fully saturated rings. The van der Waals surface area contributed by atoms with E-state index >= 15 is 0 Å². The number of aromatic nitrogens is 2. The fourth-order valence-electron chi connectivity index (χ4n) is 2.42. The van der Waals surface area contributed by atoms with Crippen molar-refractivity contribution in [1.29, 1.82) is 0 Å². The molecule has 0 aliphatic carbocycles. The number of pyridine rings is 1. The second kappa shape index (κ2) is 6.34. The van der Waals surface area contributed by atoms with Gasteiger partial charge in [0.05, 0.1) is 24.4 Å². The Bertz CT molecular complexity index is 860. The Labute approximate surface area is 138 Å². The van der Waals surface area contributed by atoms with Crippen LogP contribution in [0.4, 0.5) is 0 Å². The Morgan fingerprint density at radius 1 is 1.30 bits per heavy atom. The zero-order chi connectivity index (χ0) is 16.4. The van der Waals surface area contributed by atoms with Crippen LogP contribution in [0.3, 0.4) is 0 Å². The van der Waals surface area contributed by atoms with Gasteiger partial charge in [-0.15, -0.1) is 11.3 Å². The highest BCUT2D eigenvalue weighted by molar-refractivity contribution is 7.09. The molecule has 6 heteroatoms. The summed E-state index contributed by atoms with van der Waals surface area (Å²) in [5, 5.41) is 4.78. The van der Waals surface area contributed by atoms with Gasteiger partial charge in [0, 0.05) is 17.8 Å². The molecule has 0 atom stereocenters. The van der Waals surface area contributed by atoms with E-state index in [0.717, 1.165) is 21.5 Å². The van der Waals surface area contributed by atoms with Gasteiger partial charge in [-0.2, -0.15) is 0 Å². The van der Waals surface area contributed by atoms with Gasteiger partial charge in [0.2, 0.25) is 5.88 Å². The monoisotopic (exact) mass is 327 g/mol. The van der Waals surface area contributed by atoms with Crippen molar-refractivity contribution < 1.29 is 9.53 Å². The van der Waals surface area contributed by atoms with E-state index in [1.807, 2.05) is 36.6 Å². The van der Waals surface area contributed by atoms with E-state index in [1.54, 1.807) is 36.5 Å². The first kappa shape index (κ1) is 15.4. The highest BCUT2D eigenvalue weighted by Crippen LogP contribution is 2.24. The number of hydrogen-bond acceptors (Lipinski definition) is 5. The van der Waals surface area contributed by atoms with Gasteiger partial charge < -0.3 is 9.64 Å². The molecule has 2 aromatic heterocycles. The van der Waals surface area contributed by atoms with Crippen molar-refractivity contribution in [2.45, 2.75) is 13.5 Å². The fraction of sp³-hybridized carbons (Fsp3) is 0.235. The standard InChI is InChI=1S/C17H17N3O2S/c1-11-18-13(10-23-11)9-20(2)17(21)15-8-12-6-4-5-7-14(12)16(19-15)22-3/h4-8,10H,9H2,1-3H3. The number of thiazole rings is 1.